The van der Waals surface area contributed by atoms with E-state index in [9.17, 15) is 9.18 Å². The molecule has 1 unspecified atom stereocenters. The fourth-order valence-electron chi connectivity index (χ4n) is 3.35. The van der Waals surface area contributed by atoms with Crippen LogP contribution in [0.4, 0.5) is 4.39 Å². The number of halogens is 1. The van der Waals surface area contributed by atoms with Crippen LogP contribution in [0.5, 0.6) is 0 Å². The van der Waals surface area contributed by atoms with Crippen LogP contribution in [0.15, 0.2) is 42.5 Å². The first kappa shape index (κ1) is 14.9. The molecule has 5 heteroatoms. The van der Waals surface area contributed by atoms with Crippen LogP contribution in [0.3, 0.4) is 0 Å². The summed E-state index contributed by atoms with van der Waals surface area (Å²) in [5.41, 5.74) is 3.93. The number of imidazole rings is 1. The summed E-state index contributed by atoms with van der Waals surface area (Å²) in [6, 6.07) is 12.6. The molecule has 0 fully saturated rings. The third-order valence-electron chi connectivity index (χ3n) is 4.75. The molecular weight excluding hydrogens is 305 g/mol. The summed E-state index contributed by atoms with van der Waals surface area (Å²) in [7, 11) is 1.87. The molecule has 2 aromatic carbocycles. The Morgan fingerprint density at radius 1 is 1.33 bits per heavy atom. The number of nitrogens with one attached hydrogen (secondary N) is 1. The highest BCUT2D eigenvalue weighted by molar-refractivity contribution is 5.86. The number of fused-ring (bicyclic) bond motifs is 2. The summed E-state index contributed by atoms with van der Waals surface area (Å²) in [6.07, 6.45) is 1.43. The van der Waals surface area contributed by atoms with Crippen molar-refractivity contribution >= 4 is 16.9 Å². The Balaban J connectivity index is 1.40. The molecule has 1 atom stereocenters. The molecule has 0 saturated heterocycles. The van der Waals surface area contributed by atoms with E-state index in [-0.39, 0.29) is 17.6 Å². The molecule has 4 rings (SSSR count). The van der Waals surface area contributed by atoms with E-state index in [0.717, 1.165) is 28.8 Å². The zero-order valence-corrected chi connectivity index (χ0v) is 13.4. The first-order valence-electron chi connectivity index (χ1n) is 8.10. The van der Waals surface area contributed by atoms with E-state index in [2.05, 4.69) is 16.4 Å². The molecule has 0 radical (unpaired) electrons. The van der Waals surface area contributed by atoms with Gasteiger partial charge in [-0.05, 0) is 35.7 Å². The molecule has 4 nitrogen and oxygen atoms in total. The van der Waals surface area contributed by atoms with Gasteiger partial charge in [0.2, 0.25) is 5.91 Å². The van der Waals surface area contributed by atoms with Crippen LogP contribution in [0.1, 0.15) is 22.9 Å². The van der Waals surface area contributed by atoms with E-state index < -0.39 is 0 Å². The minimum absolute atomic E-state index is 0.0317. The van der Waals surface area contributed by atoms with Crippen LogP contribution >= 0.6 is 0 Å². The van der Waals surface area contributed by atoms with Crippen molar-refractivity contribution in [2.75, 3.05) is 6.54 Å². The Morgan fingerprint density at radius 3 is 3.00 bits per heavy atom. The number of hydrogen-bond acceptors (Lipinski definition) is 2. The van der Waals surface area contributed by atoms with E-state index >= 15 is 0 Å². The van der Waals surface area contributed by atoms with E-state index in [4.69, 9.17) is 0 Å². The van der Waals surface area contributed by atoms with Gasteiger partial charge in [0, 0.05) is 20.0 Å². The first-order chi connectivity index (χ1) is 11.6. The van der Waals surface area contributed by atoms with E-state index in [0.29, 0.717) is 13.0 Å². The zero-order chi connectivity index (χ0) is 16.7. The van der Waals surface area contributed by atoms with Crippen molar-refractivity contribution in [3.63, 3.8) is 0 Å². The molecule has 1 N–H and O–H groups in total. The van der Waals surface area contributed by atoms with Gasteiger partial charge in [-0.2, -0.15) is 0 Å². The Morgan fingerprint density at radius 2 is 2.17 bits per heavy atom. The van der Waals surface area contributed by atoms with Crippen LogP contribution in [0, 0.1) is 5.82 Å². The van der Waals surface area contributed by atoms with Crippen molar-refractivity contribution < 1.29 is 9.18 Å². The van der Waals surface area contributed by atoms with Gasteiger partial charge in [-0.3, -0.25) is 4.79 Å². The van der Waals surface area contributed by atoms with Crippen LogP contribution in [0.2, 0.25) is 0 Å². The molecule has 0 spiro atoms. The SMILES string of the molecule is Cn1c(CCNC(=O)C2Cc3ccccc32)nc2ccc(F)cc21. The standard InChI is InChI=1S/C19H18FN3O/c1-23-17-11-13(20)6-7-16(17)22-18(23)8-9-21-19(24)15-10-12-4-2-3-5-14(12)15/h2-7,11,15H,8-10H2,1H3,(H,21,24). The molecule has 3 aromatic rings. The Bertz CT molecular complexity index is 932. The first-order valence-corrected chi connectivity index (χ1v) is 8.10. The van der Waals surface area contributed by atoms with Crippen molar-refractivity contribution in [1.82, 2.24) is 14.9 Å². The number of carbonyl (C=O) groups is 1. The summed E-state index contributed by atoms with van der Waals surface area (Å²) >= 11 is 0. The number of aromatic nitrogens is 2. The minimum Gasteiger partial charge on any atom is -0.355 e. The molecule has 1 amide bonds. The second-order valence-electron chi connectivity index (χ2n) is 6.22. The Kier molecular flexibility index (Phi) is 3.56. The summed E-state index contributed by atoms with van der Waals surface area (Å²) < 4.78 is 15.2. The Hall–Kier alpha value is -2.69. The fourth-order valence-corrected chi connectivity index (χ4v) is 3.35. The van der Waals surface area contributed by atoms with Crippen LogP contribution in [-0.2, 0) is 24.7 Å². The van der Waals surface area contributed by atoms with Crippen LogP contribution < -0.4 is 5.32 Å². The number of rotatable bonds is 4. The van der Waals surface area contributed by atoms with Gasteiger partial charge in [0.25, 0.3) is 0 Å². The van der Waals surface area contributed by atoms with Gasteiger partial charge in [-0.1, -0.05) is 24.3 Å². The van der Waals surface area contributed by atoms with E-state index in [1.807, 2.05) is 29.8 Å². The number of nitrogens with zero attached hydrogens (tertiary/aromatic N) is 2. The van der Waals surface area contributed by atoms with Crippen molar-refractivity contribution in [3.05, 3.63) is 65.2 Å². The number of aryl methyl sites for hydroxylation is 1. The fraction of sp³-hybridized carbons (Fsp3) is 0.263. The van der Waals surface area contributed by atoms with Gasteiger partial charge >= 0.3 is 0 Å². The van der Waals surface area contributed by atoms with Crippen molar-refractivity contribution in [1.29, 1.82) is 0 Å². The number of hydrogen-bond donors (Lipinski definition) is 1. The van der Waals surface area contributed by atoms with E-state index in [1.165, 1.54) is 17.7 Å². The van der Waals surface area contributed by atoms with Crippen molar-refractivity contribution in [2.24, 2.45) is 7.05 Å². The largest absolute Gasteiger partial charge is 0.355 e. The average molecular weight is 323 g/mol. The summed E-state index contributed by atoms with van der Waals surface area (Å²) in [4.78, 5) is 16.8. The average Bonchev–Trinajstić information content (AvgIpc) is 2.85. The van der Waals surface area contributed by atoms with Gasteiger partial charge in [0.1, 0.15) is 11.6 Å². The molecule has 1 aromatic heterocycles. The second kappa shape index (κ2) is 5.74. The summed E-state index contributed by atoms with van der Waals surface area (Å²) in [5.74, 6) is 0.605. The molecular formula is C19H18FN3O. The smallest absolute Gasteiger partial charge is 0.227 e. The van der Waals surface area contributed by atoms with Gasteiger partial charge in [-0.15, -0.1) is 0 Å². The van der Waals surface area contributed by atoms with E-state index in [1.54, 1.807) is 6.07 Å². The molecule has 24 heavy (non-hydrogen) atoms. The highest BCUT2D eigenvalue weighted by Crippen LogP contribution is 2.34. The minimum atomic E-state index is -0.269. The predicted octanol–water partition coefficient (Wildman–Crippen LogP) is 2.71. The lowest BCUT2D eigenvalue weighted by Gasteiger charge is -2.28. The Labute approximate surface area is 139 Å². The molecule has 0 aliphatic heterocycles. The maximum absolute atomic E-state index is 13.3. The predicted molar refractivity (Wildman–Crippen MR) is 90.3 cm³/mol. The maximum atomic E-state index is 13.3. The topological polar surface area (TPSA) is 46.9 Å². The molecule has 1 aliphatic rings. The molecule has 1 aliphatic carbocycles. The lowest BCUT2D eigenvalue weighted by Crippen LogP contribution is -2.36. The lowest BCUT2D eigenvalue weighted by atomic mass is 9.77. The van der Waals surface area contributed by atoms with Gasteiger partial charge in [-0.25, -0.2) is 9.37 Å². The molecule has 0 saturated carbocycles. The zero-order valence-electron chi connectivity index (χ0n) is 13.4. The molecule has 122 valence electrons. The normalized spacial score (nSPS) is 15.8. The van der Waals surface area contributed by atoms with Crippen molar-refractivity contribution in [3.8, 4) is 0 Å². The van der Waals surface area contributed by atoms with Crippen LogP contribution in [0.25, 0.3) is 11.0 Å². The molecule has 0 bridgehead atoms. The van der Waals surface area contributed by atoms with Crippen molar-refractivity contribution in [2.45, 2.75) is 18.8 Å². The number of amides is 1. The summed E-state index contributed by atoms with van der Waals surface area (Å²) in [6.45, 7) is 0.525. The van der Waals surface area contributed by atoms with Crippen LogP contribution in [-0.4, -0.2) is 22.0 Å². The quantitative estimate of drug-likeness (QED) is 0.802. The third-order valence-corrected chi connectivity index (χ3v) is 4.75. The summed E-state index contributed by atoms with van der Waals surface area (Å²) in [5, 5.41) is 2.99. The lowest BCUT2D eigenvalue weighted by molar-refractivity contribution is -0.123. The highest BCUT2D eigenvalue weighted by atomic mass is 19.1. The third kappa shape index (κ3) is 2.46. The monoisotopic (exact) mass is 323 g/mol. The highest BCUT2D eigenvalue weighted by Gasteiger charge is 2.31. The second-order valence-corrected chi connectivity index (χ2v) is 6.22. The van der Waals surface area contributed by atoms with Gasteiger partial charge in [0.15, 0.2) is 0 Å². The number of carbonyl (C=O) groups excluding carboxylic acids is 1. The number of benzene rings is 2. The van der Waals surface area contributed by atoms with Gasteiger partial charge < -0.3 is 9.88 Å². The van der Waals surface area contributed by atoms with Gasteiger partial charge in [0.05, 0.1) is 17.0 Å². The maximum Gasteiger partial charge on any atom is 0.227 e. The molecule has 1 heterocycles.